The van der Waals surface area contributed by atoms with Crippen LogP contribution in [0.4, 0.5) is 0 Å². The summed E-state index contributed by atoms with van der Waals surface area (Å²) in [5.74, 6) is 0. The first-order chi connectivity index (χ1) is 2.83. The van der Waals surface area contributed by atoms with Gasteiger partial charge in [-0.05, 0) is 0 Å². The van der Waals surface area contributed by atoms with Crippen molar-refractivity contribution in [2.75, 3.05) is 28.2 Å². The fraction of sp³-hybridized carbons (Fsp3) is 1.00. The Kier molecular flexibility index (Phi) is 109. The Hall–Kier alpha value is 1.56. The van der Waals surface area contributed by atoms with E-state index in [-0.39, 0.29) is 53.2 Å². The Morgan fingerprint density at radius 3 is 0.750 bits per heavy atom. The van der Waals surface area contributed by atoms with Gasteiger partial charge in [-0.15, -0.1) is 12.4 Å². The summed E-state index contributed by atoms with van der Waals surface area (Å²) in [5, 5.41) is 7.00. The van der Waals surface area contributed by atoms with Gasteiger partial charge in [0, 0.05) is 40.8 Å². The first kappa shape index (κ1) is 22.7. The average molecular weight is 269 g/mol. The van der Waals surface area contributed by atoms with Crippen LogP contribution in [0, 0.1) is 40.8 Å². The molecule has 0 fully saturated rings. The Bertz CT molecular complexity index is 16.0. The zero-order valence-corrected chi connectivity index (χ0v) is 9.83. The number of hydrogen-bond acceptors (Lipinski definition) is 0. The summed E-state index contributed by atoms with van der Waals surface area (Å²) in [7, 11) is 7.00. The van der Waals surface area contributed by atoms with E-state index in [9.17, 15) is 0 Å². The summed E-state index contributed by atoms with van der Waals surface area (Å²) < 4.78 is 0. The van der Waals surface area contributed by atoms with Crippen molar-refractivity contribution in [1.82, 2.24) is 0 Å². The standard InChI is InChI=1S/2C2H6N.ClH.Nd/c2*1-3-2;;/h2*1-2H3;1H;/q2*-1;;. The summed E-state index contributed by atoms with van der Waals surface area (Å²) in [6.07, 6.45) is 0. The molecule has 0 N–H and O–H groups in total. The van der Waals surface area contributed by atoms with E-state index in [1.165, 1.54) is 0 Å². The molecule has 0 radical (unpaired) electrons. The summed E-state index contributed by atoms with van der Waals surface area (Å²) in [4.78, 5) is 0. The molecule has 0 aromatic rings. The minimum Gasteiger partial charge on any atom is -0.668 e. The number of rotatable bonds is 0. The van der Waals surface area contributed by atoms with Gasteiger partial charge in [0.15, 0.2) is 0 Å². The molecule has 4 heteroatoms. The Morgan fingerprint density at radius 2 is 0.750 bits per heavy atom. The van der Waals surface area contributed by atoms with Crippen LogP contribution in [0.3, 0.4) is 0 Å². The number of halogens is 1. The Balaban J connectivity index is -0.0000000160. The molecule has 0 aliphatic heterocycles. The van der Waals surface area contributed by atoms with Gasteiger partial charge in [0.1, 0.15) is 0 Å². The van der Waals surface area contributed by atoms with E-state index in [1.807, 2.05) is 0 Å². The second kappa shape index (κ2) is 38.6. The van der Waals surface area contributed by atoms with E-state index in [1.54, 1.807) is 28.2 Å². The van der Waals surface area contributed by atoms with E-state index in [0.717, 1.165) is 0 Å². The largest absolute Gasteiger partial charge is 0.668 e. The van der Waals surface area contributed by atoms with Crippen LogP contribution in [0.1, 0.15) is 0 Å². The van der Waals surface area contributed by atoms with Crippen LogP contribution < -0.4 is 0 Å². The third-order valence-electron chi connectivity index (χ3n) is 0. The van der Waals surface area contributed by atoms with Gasteiger partial charge in [-0.2, -0.15) is 28.2 Å². The molecule has 0 aromatic heterocycles. The van der Waals surface area contributed by atoms with E-state index in [2.05, 4.69) is 10.6 Å². The molecule has 52 valence electrons. The molecule has 0 bridgehead atoms. The molecule has 8 heavy (non-hydrogen) atoms. The molecule has 0 amide bonds. The summed E-state index contributed by atoms with van der Waals surface area (Å²) >= 11 is 0. The smallest absolute Gasteiger partial charge is 0 e. The molecule has 0 aliphatic rings. The van der Waals surface area contributed by atoms with Crippen molar-refractivity contribution in [3.8, 4) is 0 Å². The molecule has 0 saturated carbocycles. The van der Waals surface area contributed by atoms with Crippen LogP contribution in [0.5, 0.6) is 0 Å². The SMILES string of the molecule is C[N-]C.C[N-]C.Cl.[Nd]. The first-order valence-corrected chi connectivity index (χ1v) is 1.79. The molecule has 0 heterocycles. The van der Waals surface area contributed by atoms with Crippen LogP contribution in [-0.4, -0.2) is 28.2 Å². The van der Waals surface area contributed by atoms with Gasteiger partial charge in [0.05, 0.1) is 0 Å². The number of nitrogens with zero attached hydrogens (tertiary/aromatic N) is 2. The maximum absolute atomic E-state index is 3.50. The van der Waals surface area contributed by atoms with Gasteiger partial charge >= 0.3 is 0 Å². The maximum atomic E-state index is 3.50. The fourth-order valence-electron chi connectivity index (χ4n) is 0. The Morgan fingerprint density at radius 1 is 0.750 bits per heavy atom. The molecule has 2 nitrogen and oxygen atoms in total. The first-order valence-electron chi connectivity index (χ1n) is 1.79. The van der Waals surface area contributed by atoms with Gasteiger partial charge in [0.2, 0.25) is 0 Å². The van der Waals surface area contributed by atoms with E-state index in [4.69, 9.17) is 0 Å². The average Bonchev–Trinajstić information content (AvgIpc) is 1.39. The molecular formula is C4H13ClN2Nd-2. The quantitative estimate of drug-likeness (QED) is 0.639. The van der Waals surface area contributed by atoms with Crippen molar-refractivity contribution in [1.29, 1.82) is 0 Å². The van der Waals surface area contributed by atoms with Gasteiger partial charge in [-0.25, -0.2) is 0 Å². The van der Waals surface area contributed by atoms with Crippen molar-refractivity contribution >= 4 is 12.4 Å². The monoisotopic (exact) mass is 266 g/mol. The third-order valence-corrected chi connectivity index (χ3v) is 0. The summed E-state index contributed by atoms with van der Waals surface area (Å²) in [6.45, 7) is 0. The number of hydrogen-bond donors (Lipinski definition) is 0. The van der Waals surface area contributed by atoms with E-state index < -0.39 is 0 Å². The molecule has 0 spiro atoms. The van der Waals surface area contributed by atoms with Crippen molar-refractivity contribution in [2.24, 2.45) is 0 Å². The molecule has 0 rings (SSSR count). The van der Waals surface area contributed by atoms with Crippen LogP contribution in [0.2, 0.25) is 0 Å². The van der Waals surface area contributed by atoms with Gasteiger partial charge in [-0.1, -0.05) is 0 Å². The molecule has 0 unspecified atom stereocenters. The maximum Gasteiger partial charge on any atom is 0 e. The van der Waals surface area contributed by atoms with E-state index in [0.29, 0.717) is 0 Å². The van der Waals surface area contributed by atoms with Crippen molar-refractivity contribution in [2.45, 2.75) is 0 Å². The van der Waals surface area contributed by atoms with Crippen molar-refractivity contribution in [3.63, 3.8) is 0 Å². The summed E-state index contributed by atoms with van der Waals surface area (Å²) in [6, 6.07) is 0. The minimum absolute atomic E-state index is 0. The third kappa shape index (κ3) is 134. The van der Waals surface area contributed by atoms with Crippen LogP contribution >= 0.6 is 12.4 Å². The van der Waals surface area contributed by atoms with Gasteiger partial charge in [-0.3, -0.25) is 0 Å². The van der Waals surface area contributed by atoms with Gasteiger partial charge < -0.3 is 10.6 Å². The molecular weight excluding hydrogens is 256 g/mol. The summed E-state index contributed by atoms with van der Waals surface area (Å²) in [5.41, 5.74) is 0. The fourth-order valence-corrected chi connectivity index (χ4v) is 0. The van der Waals surface area contributed by atoms with Crippen LogP contribution in [-0.2, 0) is 0 Å². The van der Waals surface area contributed by atoms with E-state index >= 15 is 0 Å². The molecule has 0 aromatic carbocycles. The zero-order chi connectivity index (χ0) is 5.41. The Labute approximate surface area is 91.1 Å². The van der Waals surface area contributed by atoms with Gasteiger partial charge in [0.25, 0.3) is 0 Å². The molecule has 0 atom stereocenters. The zero-order valence-electron chi connectivity index (χ0n) is 5.80. The second-order valence-corrected chi connectivity index (χ2v) is 0.894. The van der Waals surface area contributed by atoms with Crippen molar-refractivity contribution in [3.05, 3.63) is 10.6 Å². The predicted octanol–water partition coefficient (Wildman–Crippen LogP) is 1.66. The van der Waals surface area contributed by atoms with Crippen LogP contribution in [0.25, 0.3) is 10.6 Å². The second-order valence-electron chi connectivity index (χ2n) is 0.894. The minimum atomic E-state index is 0. The molecule has 0 saturated heterocycles. The topological polar surface area (TPSA) is 28.2 Å². The molecule has 0 aliphatic carbocycles. The predicted molar refractivity (Wildman–Crippen MR) is 37.7 cm³/mol. The van der Waals surface area contributed by atoms with Crippen molar-refractivity contribution < 1.29 is 40.8 Å². The van der Waals surface area contributed by atoms with Crippen LogP contribution in [0.15, 0.2) is 0 Å². The normalized spacial score (nSPS) is 4.50.